The molecule has 1 aromatic carbocycles. The third-order valence-electron chi connectivity index (χ3n) is 2.58. The van der Waals surface area contributed by atoms with Gasteiger partial charge in [0.2, 0.25) is 0 Å². The van der Waals surface area contributed by atoms with Crippen LogP contribution in [-0.4, -0.2) is 13.2 Å². The van der Waals surface area contributed by atoms with Crippen LogP contribution in [0.5, 0.6) is 11.5 Å². The number of hydrogen-bond acceptors (Lipinski definition) is 4. The molecule has 1 aliphatic rings. The Hall–Kier alpha value is -0.970. The molecule has 0 aromatic heterocycles. The van der Waals surface area contributed by atoms with Gasteiger partial charge in [-0.3, -0.25) is 4.84 Å². The molecule has 0 saturated heterocycles. The third kappa shape index (κ3) is 2.09. The van der Waals surface area contributed by atoms with E-state index in [0.717, 1.165) is 23.3 Å². The fourth-order valence-electron chi connectivity index (χ4n) is 1.73. The van der Waals surface area contributed by atoms with Gasteiger partial charge in [-0.15, -0.1) is 0 Å². The Morgan fingerprint density at radius 1 is 1.44 bits per heavy atom. The van der Waals surface area contributed by atoms with Crippen LogP contribution in [0.4, 0.5) is 0 Å². The van der Waals surface area contributed by atoms with Crippen molar-refractivity contribution < 1.29 is 14.3 Å². The third-order valence-corrected chi connectivity index (χ3v) is 2.92. The fourth-order valence-corrected chi connectivity index (χ4v) is 2.03. The second kappa shape index (κ2) is 4.91. The van der Waals surface area contributed by atoms with E-state index in [2.05, 4.69) is 4.84 Å². The molecule has 0 fully saturated rings. The summed E-state index contributed by atoms with van der Waals surface area (Å²) >= 11 is 6.13. The number of halogens is 1. The van der Waals surface area contributed by atoms with Crippen molar-refractivity contribution >= 4 is 11.6 Å². The molecule has 1 heterocycles. The van der Waals surface area contributed by atoms with E-state index in [1.807, 2.05) is 6.92 Å². The summed E-state index contributed by atoms with van der Waals surface area (Å²) in [7, 11) is 0. The van der Waals surface area contributed by atoms with Crippen LogP contribution >= 0.6 is 11.6 Å². The standard InChI is InChI=1S/C11H14ClNO3/c1-7-8(6-16-13)9(12)5-10-11(7)15-4-2-3-14-10/h5H,2-4,6,13H2,1H3. The monoisotopic (exact) mass is 243 g/mol. The Morgan fingerprint density at radius 3 is 2.94 bits per heavy atom. The fraction of sp³-hybridized carbons (Fsp3) is 0.455. The van der Waals surface area contributed by atoms with Crippen molar-refractivity contribution in [1.29, 1.82) is 0 Å². The van der Waals surface area contributed by atoms with E-state index in [4.69, 9.17) is 27.0 Å². The van der Waals surface area contributed by atoms with Crippen LogP contribution in [-0.2, 0) is 11.4 Å². The lowest BCUT2D eigenvalue weighted by Crippen LogP contribution is -2.04. The van der Waals surface area contributed by atoms with Crippen molar-refractivity contribution in [3.63, 3.8) is 0 Å². The molecular weight excluding hydrogens is 230 g/mol. The van der Waals surface area contributed by atoms with Crippen molar-refractivity contribution in [3.8, 4) is 11.5 Å². The zero-order chi connectivity index (χ0) is 11.5. The molecule has 0 spiro atoms. The highest BCUT2D eigenvalue weighted by molar-refractivity contribution is 6.31. The number of fused-ring (bicyclic) bond motifs is 1. The maximum atomic E-state index is 6.13. The molecule has 0 saturated carbocycles. The van der Waals surface area contributed by atoms with Gasteiger partial charge in [0.25, 0.3) is 0 Å². The molecule has 1 aliphatic heterocycles. The lowest BCUT2D eigenvalue weighted by Gasteiger charge is -2.15. The largest absolute Gasteiger partial charge is 0.489 e. The highest BCUT2D eigenvalue weighted by Crippen LogP contribution is 2.39. The summed E-state index contributed by atoms with van der Waals surface area (Å²) in [4.78, 5) is 4.63. The molecule has 0 radical (unpaired) electrons. The van der Waals surface area contributed by atoms with Crippen molar-refractivity contribution in [3.05, 3.63) is 22.2 Å². The molecule has 5 heteroatoms. The van der Waals surface area contributed by atoms with Crippen molar-refractivity contribution in [2.45, 2.75) is 20.0 Å². The Morgan fingerprint density at radius 2 is 2.19 bits per heavy atom. The Labute approximate surface area is 99.2 Å². The molecule has 0 aliphatic carbocycles. The van der Waals surface area contributed by atoms with Crippen LogP contribution in [0.25, 0.3) is 0 Å². The van der Waals surface area contributed by atoms with E-state index >= 15 is 0 Å². The minimum atomic E-state index is 0.265. The molecule has 1 aromatic rings. The van der Waals surface area contributed by atoms with Gasteiger partial charge in [0.05, 0.1) is 24.8 Å². The SMILES string of the molecule is Cc1c(CON)c(Cl)cc2c1OCCCO2. The van der Waals surface area contributed by atoms with Crippen LogP contribution in [0.1, 0.15) is 17.5 Å². The van der Waals surface area contributed by atoms with Gasteiger partial charge in [-0.25, -0.2) is 5.90 Å². The Kier molecular flexibility index (Phi) is 3.53. The minimum Gasteiger partial charge on any atom is -0.489 e. The average molecular weight is 244 g/mol. The van der Waals surface area contributed by atoms with E-state index in [0.29, 0.717) is 24.0 Å². The molecule has 88 valence electrons. The molecule has 0 unspecified atom stereocenters. The van der Waals surface area contributed by atoms with Crippen LogP contribution in [0, 0.1) is 6.92 Å². The number of ether oxygens (including phenoxy) is 2. The van der Waals surface area contributed by atoms with Gasteiger partial charge in [-0.1, -0.05) is 11.6 Å². The summed E-state index contributed by atoms with van der Waals surface area (Å²) in [6.45, 7) is 3.49. The van der Waals surface area contributed by atoms with E-state index in [1.54, 1.807) is 6.07 Å². The molecule has 4 nitrogen and oxygen atoms in total. The van der Waals surface area contributed by atoms with Crippen molar-refractivity contribution in [2.75, 3.05) is 13.2 Å². The van der Waals surface area contributed by atoms with Gasteiger partial charge in [0.15, 0.2) is 11.5 Å². The second-order valence-corrected chi connectivity index (χ2v) is 4.06. The Bertz CT molecular complexity index is 395. The highest BCUT2D eigenvalue weighted by Gasteiger charge is 2.18. The van der Waals surface area contributed by atoms with Gasteiger partial charge in [0.1, 0.15) is 0 Å². The summed E-state index contributed by atoms with van der Waals surface area (Å²) in [6, 6.07) is 1.75. The number of hydrogen-bond donors (Lipinski definition) is 1. The first-order chi connectivity index (χ1) is 7.74. The summed E-state index contributed by atoms with van der Waals surface area (Å²) in [5, 5.41) is 0.590. The van der Waals surface area contributed by atoms with Gasteiger partial charge in [0, 0.05) is 23.6 Å². The molecule has 2 N–H and O–H groups in total. The van der Waals surface area contributed by atoms with Crippen LogP contribution in [0.15, 0.2) is 6.07 Å². The number of benzene rings is 1. The summed E-state index contributed by atoms with van der Waals surface area (Å²) < 4.78 is 11.2. The van der Waals surface area contributed by atoms with Crippen LogP contribution < -0.4 is 15.4 Å². The van der Waals surface area contributed by atoms with Crippen molar-refractivity contribution in [1.82, 2.24) is 0 Å². The van der Waals surface area contributed by atoms with E-state index in [9.17, 15) is 0 Å². The van der Waals surface area contributed by atoms with Gasteiger partial charge >= 0.3 is 0 Å². The predicted octanol–water partition coefficient (Wildman–Crippen LogP) is 2.20. The summed E-state index contributed by atoms with van der Waals surface area (Å²) in [5.74, 6) is 6.51. The van der Waals surface area contributed by atoms with E-state index < -0.39 is 0 Å². The molecular formula is C11H14ClNO3. The predicted molar refractivity (Wildman–Crippen MR) is 60.8 cm³/mol. The van der Waals surface area contributed by atoms with Crippen LogP contribution in [0.3, 0.4) is 0 Å². The first kappa shape index (κ1) is 11.5. The first-order valence-corrected chi connectivity index (χ1v) is 5.51. The number of nitrogens with two attached hydrogens (primary N) is 1. The topological polar surface area (TPSA) is 53.7 Å². The van der Waals surface area contributed by atoms with Crippen molar-refractivity contribution in [2.24, 2.45) is 5.90 Å². The molecule has 2 rings (SSSR count). The zero-order valence-corrected chi connectivity index (χ0v) is 9.84. The van der Waals surface area contributed by atoms with Crippen LogP contribution in [0.2, 0.25) is 5.02 Å². The normalized spacial score (nSPS) is 14.7. The zero-order valence-electron chi connectivity index (χ0n) is 9.09. The quantitative estimate of drug-likeness (QED) is 0.809. The summed E-state index contributed by atoms with van der Waals surface area (Å²) in [5.41, 5.74) is 1.77. The summed E-state index contributed by atoms with van der Waals surface area (Å²) in [6.07, 6.45) is 0.870. The van der Waals surface area contributed by atoms with E-state index in [-0.39, 0.29) is 6.61 Å². The molecule has 0 bridgehead atoms. The smallest absolute Gasteiger partial charge is 0.164 e. The maximum absolute atomic E-state index is 6.13. The minimum absolute atomic E-state index is 0.265. The second-order valence-electron chi connectivity index (χ2n) is 3.65. The molecule has 0 atom stereocenters. The lowest BCUT2D eigenvalue weighted by molar-refractivity contribution is 0.123. The first-order valence-electron chi connectivity index (χ1n) is 5.13. The number of rotatable bonds is 2. The lowest BCUT2D eigenvalue weighted by atomic mass is 10.1. The van der Waals surface area contributed by atoms with E-state index in [1.165, 1.54) is 0 Å². The van der Waals surface area contributed by atoms with Gasteiger partial charge in [-0.2, -0.15) is 0 Å². The Balaban J connectivity index is 2.47. The van der Waals surface area contributed by atoms with Gasteiger partial charge < -0.3 is 9.47 Å². The average Bonchev–Trinajstić information content (AvgIpc) is 2.49. The molecule has 16 heavy (non-hydrogen) atoms. The highest BCUT2D eigenvalue weighted by atomic mass is 35.5. The maximum Gasteiger partial charge on any atom is 0.164 e. The molecule has 0 amide bonds. The van der Waals surface area contributed by atoms with Gasteiger partial charge in [-0.05, 0) is 6.92 Å².